The Morgan fingerprint density at radius 3 is 0.732 bits per heavy atom. The maximum Gasteiger partial charge on any atom is 0.118 e. The van der Waals surface area contributed by atoms with E-state index in [0.717, 1.165) is 22.6 Å². The first-order valence-electron chi connectivity index (χ1n) is 28.4. The van der Waals surface area contributed by atoms with Gasteiger partial charge in [0.25, 0.3) is 0 Å². The average molecular weight is 1040 g/mol. The fraction of sp³-hybridized carbons (Fsp3) is 0.0250. The molecule has 0 amide bonds. The summed E-state index contributed by atoms with van der Waals surface area (Å²) in [5.41, 5.74) is 24.8. The standard InChI is InChI=1S/C80H48O2/c1-81-51-27-23-47(24-28-51)65-43-67(45-15-7-3-8-16-45)77-61-39-35-57-53-31-32-54-58-36-40-62-76-64(80-70(50-21-13-6-14-22-50)66(48-25-29-52(82-2)30-26-48)44-68(78(62)80)46-17-9-4-10-18-46)42-38-60(74(58)76)56-34-33-55(71(53)72(54)56)59-37-41-63(75(61)73(57)59)79(77)69(65)49-19-11-5-12-20-49/h3-44H,1-2H3. The second-order valence-electron chi connectivity index (χ2n) is 22.3. The third-order valence-electron chi connectivity index (χ3n) is 18.5. The number of rotatable bonds is 8. The summed E-state index contributed by atoms with van der Waals surface area (Å²) in [4.78, 5) is 0. The number of hydrogen-bond acceptors (Lipinski definition) is 2. The maximum atomic E-state index is 5.68. The first-order valence-corrected chi connectivity index (χ1v) is 28.4. The van der Waals surface area contributed by atoms with Gasteiger partial charge in [0.15, 0.2) is 0 Å². The van der Waals surface area contributed by atoms with Crippen molar-refractivity contribution < 1.29 is 9.47 Å². The van der Waals surface area contributed by atoms with Gasteiger partial charge >= 0.3 is 0 Å². The molecule has 2 aliphatic carbocycles. The highest BCUT2D eigenvalue weighted by Crippen LogP contribution is 2.62. The molecule has 0 saturated carbocycles. The summed E-state index contributed by atoms with van der Waals surface area (Å²) < 4.78 is 11.4. The Morgan fingerprint density at radius 1 is 0.183 bits per heavy atom. The number of hydrogen-bond donors (Lipinski definition) is 0. The first kappa shape index (κ1) is 45.3. The summed E-state index contributed by atoms with van der Waals surface area (Å²) in [7, 11) is 3.47. The van der Waals surface area contributed by atoms with E-state index < -0.39 is 0 Å². The van der Waals surface area contributed by atoms with Crippen LogP contribution in [-0.2, 0) is 0 Å². The molecule has 0 radical (unpaired) electrons. The summed E-state index contributed by atoms with van der Waals surface area (Å²) in [6, 6.07) is 95.3. The van der Waals surface area contributed by atoms with Crippen molar-refractivity contribution in [2.45, 2.75) is 0 Å². The molecule has 0 heterocycles. The molecule has 0 spiro atoms. The van der Waals surface area contributed by atoms with Crippen LogP contribution in [0.5, 0.6) is 11.5 Å². The van der Waals surface area contributed by atoms with Crippen LogP contribution in [0, 0.1) is 0 Å². The summed E-state index contributed by atoms with van der Waals surface area (Å²) >= 11 is 0. The van der Waals surface area contributed by atoms with Crippen molar-refractivity contribution in [2.75, 3.05) is 14.2 Å². The minimum absolute atomic E-state index is 0.845. The van der Waals surface area contributed by atoms with Gasteiger partial charge in [0.1, 0.15) is 11.5 Å². The van der Waals surface area contributed by atoms with Crippen LogP contribution in [0.1, 0.15) is 0 Å². The number of methoxy groups -OCH3 is 2. The van der Waals surface area contributed by atoms with Crippen LogP contribution in [0.25, 0.3) is 187 Å². The van der Waals surface area contributed by atoms with Crippen molar-refractivity contribution in [3.63, 3.8) is 0 Å². The highest BCUT2D eigenvalue weighted by molar-refractivity contribution is 6.45. The molecular formula is C80H48O2. The van der Waals surface area contributed by atoms with Crippen LogP contribution >= 0.6 is 0 Å². The molecule has 0 N–H and O–H groups in total. The van der Waals surface area contributed by atoms with Gasteiger partial charge in [-0.2, -0.15) is 0 Å². The van der Waals surface area contributed by atoms with Gasteiger partial charge in [-0.25, -0.2) is 0 Å². The molecule has 0 atom stereocenters. The average Bonchev–Trinajstić information content (AvgIpc) is 1.64. The Hall–Kier alpha value is -10.5. The van der Waals surface area contributed by atoms with Crippen molar-refractivity contribution in [2.24, 2.45) is 0 Å². The molecule has 18 rings (SSSR count). The zero-order valence-electron chi connectivity index (χ0n) is 45.1. The number of ether oxygens (including phenoxy) is 2. The smallest absolute Gasteiger partial charge is 0.118 e. The predicted octanol–water partition coefficient (Wildman–Crippen LogP) is 21.9. The summed E-state index contributed by atoms with van der Waals surface area (Å²) in [6.07, 6.45) is 0. The van der Waals surface area contributed by atoms with Crippen molar-refractivity contribution in [3.05, 3.63) is 255 Å². The second-order valence-corrected chi connectivity index (χ2v) is 22.3. The van der Waals surface area contributed by atoms with E-state index in [1.54, 1.807) is 14.2 Å². The molecule has 0 fully saturated rings. The van der Waals surface area contributed by atoms with Gasteiger partial charge in [0, 0.05) is 0 Å². The molecule has 2 nitrogen and oxygen atoms in total. The van der Waals surface area contributed by atoms with Crippen LogP contribution < -0.4 is 9.47 Å². The fourth-order valence-electron chi connectivity index (χ4n) is 15.1. The van der Waals surface area contributed by atoms with Crippen LogP contribution in [0.3, 0.4) is 0 Å². The zero-order chi connectivity index (χ0) is 53.9. The number of fused-ring (bicyclic) bond motifs is 10. The van der Waals surface area contributed by atoms with E-state index in [9.17, 15) is 0 Å². The van der Waals surface area contributed by atoms with Gasteiger partial charge in [-0.1, -0.05) is 218 Å². The first-order chi connectivity index (χ1) is 40.6. The van der Waals surface area contributed by atoms with E-state index in [1.165, 1.54) is 176 Å². The molecule has 16 aromatic carbocycles. The van der Waals surface area contributed by atoms with E-state index >= 15 is 0 Å². The normalized spacial score (nSPS) is 12.3. The second kappa shape index (κ2) is 17.0. The monoisotopic (exact) mass is 1040 g/mol. The van der Waals surface area contributed by atoms with Crippen LogP contribution in [0.15, 0.2) is 255 Å². The van der Waals surface area contributed by atoms with Gasteiger partial charge in [-0.15, -0.1) is 0 Å². The summed E-state index contributed by atoms with van der Waals surface area (Å²) in [5.74, 6) is 1.69. The minimum Gasteiger partial charge on any atom is -0.497 e. The van der Waals surface area contributed by atoms with Crippen molar-refractivity contribution in [1.82, 2.24) is 0 Å². The lowest BCUT2D eigenvalue weighted by Crippen LogP contribution is -1.94. The topological polar surface area (TPSA) is 18.5 Å². The fourth-order valence-corrected chi connectivity index (χ4v) is 15.1. The molecule has 0 aliphatic heterocycles. The largest absolute Gasteiger partial charge is 0.497 e. The van der Waals surface area contributed by atoms with E-state index in [0.29, 0.717) is 0 Å². The number of benzene rings is 16. The Kier molecular flexibility index (Phi) is 9.39. The zero-order valence-corrected chi connectivity index (χ0v) is 45.1. The highest BCUT2D eigenvalue weighted by Gasteiger charge is 2.35. The van der Waals surface area contributed by atoms with E-state index in [-0.39, 0.29) is 0 Å². The molecule has 2 aliphatic rings. The van der Waals surface area contributed by atoms with Crippen LogP contribution in [-0.4, -0.2) is 14.2 Å². The van der Waals surface area contributed by atoms with Crippen molar-refractivity contribution in [1.29, 1.82) is 0 Å². The molecule has 2 heteroatoms. The minimum atomic E-state index is 0.845. The lowest BCUT2D eigenvalue weighted by molar-refractivity contribution is 0.415. The Morgan fingerprint density at radius 2 is 0.427 bits per heavy atom. The van der Waals surface area contributed by atoms with Gasteiger partial charge in [-0.3, -0.25) is 0 Å². The SMILES string of the molecule is COc1ccc(-c2cc(-c3ccccc3)c3c(c2-c2ccccc2)-c2ccc4c5ccc6c7ccc8c9c(ccc(c%10ccc(c%11ccc-3c2c%114)c5c%106)c97)-c2c(-c3ccccc3)cc(-c3ccc(OC)cc3)c(-c3ccccc3)c2-8)cc1. The molecule has 0 unspecified atom stereocenters. The Bertz CT molecular complexity index is 4930. The van der Waals surface area contributed by atoms with Gasteiger partial charge < -0.3 is 9.47 Å². The molecule has 0 aromatic heterocycles. The molecule has 380 valence electrons. The molecule has 16 aromatic rings. The van der Waals surface area contributed by atoms with Crippen LogP contribution in [0.2, 0.25) is 0 Å². The molecule has 82 heavy (non-hydrogen) atoms. The third kappa shape index (κ3) is 6.08. The Labute approximate surface area is 474 Å². The maximum absolute atomic E-state index is 5.68. The summed E-state index contributed by atoms with van der Waals surface area (Å²) in [5, 5.41) is 18.4. The molecular weight excluding hydrogens is 993 g/mol. The van der Waals surface area contributed by atoms with Crippen molar-refractivity contribution >= 4 is 75.4 Å². The molecule has 0 bridgehead atoms. The quantitative estimate of drug-likeness (QED) is 0.112. The van der Waals surface area contributed by atoms with E-state index in [2.05, 4.69) is 255 Å². The lowest BCUT2D eigenvalue weighted by Gasteiger charge is -2.21. The molecule has 0 saturated heterocycles. The van der Waals surface area contributed by atoms with E-state index in [4.69, 9.17) is 9.47 Å². The summed E-state index contributed by atoms with van der Waals surface area (Å²) in [6.45, 7) is 0. The van der Waals surface area contributed by atoms with Gasteiger partial charge in [0.2, 0.25) is 0 Å². The van der Waals surface area contributed by atoms with Gasteiger partial charge in [0.05, 0.1) is 14.2 Å². The predicted molar refractivity (Wildman–Crippen MR) is 346 cm³/mol. The van der Waals surface area contributed by atoms with E-state index in [1.807, 2.05) is 0 Å². The van der Waals surface area contributed by atoms with Crippen LogP contribution in [0.4, 0.5) is 0 Å². The Balaban J connectivity index is 0.905. The van der Waals surface area contributed by atoms with Crippen molar-refractivity contribution in [3.8, 4) is 123 Å². The highest BCUT2D eigenvalue weighted by atomic mass is 16.5. The lowest BCUT2D eigenvalue weighted by atomic mass is 9.82. The van der Waals surface area contributed by atoms with Gasteiger partial charge in [-0.05, 0) is 223 Å². The third-order valence-corrected chi connectivity index (χ3v) is 18.5.